The van der Waals surface area contributed by atoms with Gasteiger partial charge in [-0.15, -0.1) is 0 Å². The van der Waals surface area contributed by atoms with Crippen molar-refractivity contribution in [3.05, 3.63) is 107 Å². The fourth-order valence-electron chi connectivity index (χ4n) is 8.55. The third-order valence-corrected chi connectivity index (χ3v) is 12.4. The molecule has 0 aliphatic carbocycles. The molecule has 1 heterocycles. The van der Waals surface area contributed by atoms with Gasteiger partial charge < -0.3 is 36.9 Å². The van der Waals surface area contributed by atoms with Crippen molar-refractivity contribution < 1.29 is 33.4 Å². The summed E-state index contributed by atoms with van der Waals surface area (Å²) in [6, 6.07) is 26.4. The van der Waals surface area contributed by atoms with Crippen LogP contribution in [-0.4, -0.2) is 80.0 Å². The van der Waals surface area contributed by atoms with E-state index < -0.39 is 47.4 Å². The number of unbranched alkanes of at least 4 members (excludes halogenated alkanes) is 2. The smallest absolute Gasteiger partial charge is 0.226 e. The van der Waals surface area contributed by atoms with Crippen molar-refractivity contribution in [3.8, 4) is 39.8 Å². The van der Waals surface area contributed by atoms with Gasteiger partial charge in [0.15, 0.2) is 17.3 Å². The molecule has 7 N–H and O–H groups in total. The van der Waals surface area contributed by atoms with Crippen LogP contribution in [0.4, 0.5) is 0 Å². The van der Waals surface area contributed by atoms with E-state index in [1.165, 1.54) is 10.5 Å². The molecule has 0 fully saturated rings. The Balaban J connectivity index is 1.55. The van der Waals surface area contributed by atoms with E-state index in [1.807, 2.05) is 18.2 Å². The third kappa shape index (κ3) is 14.2. The quantitative estimate of drug-likeness (QED) is 0.0452. The highest BCUT2D eigenvalue weighted by Gasteiger charge is 2.36. The molecule has 2 amide bonds. The van der Waals surface area contributed by atoms with Crippen LogP contribution < -0.4 is 32.0 Å². The monoisotopic (exact) mass is 913 g/mol. The first-order valence-corrected chi connectivity index (χ1v) is 23.7. The number of carbonyl (C=O) groups is 5. The zero-order valence-electron chi connectivity index (χ0n) is 39.6. The zero-order valence-corrected chi connectivity index (χ0v) is 39.6. The molecule has 67 heavy (non-hydrogen) atoms. The lowest BCUT2D eigenvalue weighted by Gasteiger charge is -2.32. The Morgan fingerprint density at radius 1 is 0.806 bits per heavy atom. The number of aryl methyl sites for hydroxylation is 1. The van der Waals surface area contributed by atoms with E-state index in [0.717, 1.165) is 30.4 Å². The minimum Gasteiger partial charge on any atom is -0.492 e. The lowest BCUT2D eigenvalue weighted by atomic mass is 9.87. The molecule has 0 unspecified atom stereocenters. The van der Waals surface area contributed by atoms with E-state index in [2.05, 4.69) is 42.6 Å². The molecular weight excluding hydrogens is 845 g/mol. The van der Waals surface area contributed by atoms with Crippen LogP contribution >= 0.6 is 0 Å². The Morgan fingerprint density at radius 3 is 2.04 bits per heavy atom. The Hall–Kier alpha value is -6.20. The summed E-state index contributed by atoms with van der Waals surface area (Å²) in [6.45, 7) is 6.65. The summed E-state index contributed by atoms with van der Waals surface area (Å²) in [5.41, 5.74) is 23.7. The average molecular weight is 913 g/mol. The fraction of sp³-hybridized carbons (Fsp3) is 0.444. The second kappa shape index (κ2) is 25.6. The number of ether oxygens (including phenoxy) is 2. The van der Waals surface area contributed by atoms with Gasteiger partial charge in [0, 0.05) is 67.9 Å². The van der Waals surface area contributed by atoms with Gasteiger partial charge in [-0.2, -0.15) is 5.26 Å². The number of nitrogens with one attached hydrogen (secondary N) is 1. The summed E-state index contributed by atoms with van der Waals surface area (Å²) < 4.78 is 12.3. The average Bonchev–Trinajstić information content (AvgIpc) is 3.33. The number of benzene rings is 4. The first-order valence-electron chi connectivity index (χ1n) is 23.7. The highest BCUT2D eigenvalue weighted by atomic mass is 16.5. The fourth-order valence-corrected chi connectivity index (χ4v) is 8.55. The Bertz CT molecular complexity index is 2360. The van der Waals surface area contributed by atoms with Gasteiger partial charge in [0.25, 0.3) is 0 Å². The molecule has 4 bridgehead atoms. The number of nitriles is 1. The van der Waals surface area contributed by atoms with Gasteiger partial charge in [-0.3, -0.25) is 24.0 Å². The maximum atomic E-state index is 14.9. The first-order chi connectivity index (χ1) is 32.3. The van der Waals surface area contributed by atoms with Crippen LogP contribution in [0.3, 0.4) is 0 Å². The van der Waals surface area contributed by atoms with Gasteiger partial charge in [-0.05, 0) is 97.7 Å². The number of nitrogens with zero attached hydrogens (tertiary/aromatic N) is 2. The molecule has 356 valence electrons. The molecule has 13 heteroatoms. The summed E-state index contributed by atoms with van der Waals surface area (Å²) in [7, 11) is 1.56. The van der Waals surface area contributed by atoms with Crippen LogP contribution in [0.15, 0.2) is 84.9 Å². The number of nitrogens with two attached hydrogens (primary N) is 3. The van der Waals surface area contributed by atoms with E-state index in [9.17, 15) is 29.2 Å². The minimum absolute atomic E-state index is 0.0820. The first kappa shape index (κ1) is 51.8. The van der Waals surface area contributed by atoms with Crippen molar-refractivity contribution in [2.24, 2.45) is 35.0 Å². The van der Waals surface area contributed by atoms with Crippen LogP contribution in [0.5, 0.6) is 11.5 Å². The molecule has 0 radical (unpaired) electrons. The molecule has 1 aliphatic rings. The molecule has 1 aliphatic heterocycles. The molecule has 0 saturated carbocycles. The van der Waals surface area contributed by atoms with Gasteiger partial charge in [-0.1, -0.05) is 87.4 Å². The Labute approximate surface area is 395 Å². The van der Waals surface area contributed by atoms with Crippen LogP contribution in [0.25, 0.3) is 22.3 Å². The predicted octanol–water partition coefficient (Wildman–Crippen LogP) is 7.31. The second-order valence-corrected chi connectivity index (χ2v) is 17.7. The lowest BCUT2D eigenvalue weighted by Crippen LogP contribution is -2.46. The van der Waals surface area contributed by atoms with Gasteiger partial charge in [-0.25, -0.2) is 0 Å². The highest BCUT2D eigenvalue weighted by molar-refractivity contribution is 6.00. The summed E-state index contributed by atoms with van der Waals surface area (Å²) in [5, 5.41) is 12.4. The molecule has 0 spiro atoms. The van der Waals surface area contributed by atoms with E-state index >= 15 is 0 Å². The molecule has 4 aromatic rings. The highest BCUT2D eigenvalue weighted by Crippen LogP contribution is 2.41. The van der Waals surface area contributed by atoms with E-state index in [1.54, 1.807) is 63.4 Å². The third-order valence-electron chi connectivity index (χ3n) is 12.4. The predicted molar refractivity (Wildman–Crippen MR) is 261 cm³/mol. The molecule has 0 aromatic heterocycles. The molecule has 5 atom stereocenters. The number of hydrogen-bond donors (Lipinski definition) is 4. The molecular formula is C54H68N6O7. The van der Waals surface area contributed by atoms with Gasteiger partial charge in [0.2, 0.25) is 11.8 Å². The topological polar surface area (TPSA) is 221 Å². The van der Waals surface area contributed by atoms with Crippen molar-refractivity contribution in [1.29, 1.82) is 5.26 Å². The van der Waals surface area contributed by atoms with Crippen LogP contribution in [0.2, 0.25) is 0 Å². The number of hydrogen-bond acceptors (Lipinski definition) is 11. The van der Waals surface area contributed by atoms with Crippen molar-refractivity contribution in [3.63, 3.8) is 0 Å². The van der Waals surface area contributed by atoms with Crippen LogP contribution in [0, 0.1) is 29.1 Å². The minimum atomic E-state index is -1.20. The largest absolute Gasteiger partial charge is 0.492 e. The number of ketones is 3. The van der Waals surface area contributed by atoms with Crippen molar-refractivity contribution >= 4 is 29.2 Å². The van der Waals surface area contributed by atoms with E-state index in [4.69, 9.17) is 26.7 Å². The van der Waals surface area contributed by atoms with Crippen LogP contribution in [0.1, 0.15) is 105 Å². The number of Topliss-reactive ketones (excluding diaryl/α,β-unsaturated/α-hetero) is 3. The number of amides is 2. The second-order valence-electron chi connectivity index (χ2n) is 17.7. The van der Waals surface area contributed by atoms with Gasteiger partial charge >= 0.3 is 0 Å². The number of likely N-dealkylation sites (N-methyl/N-ethyl adjacent to an activating group) is 1. The number of fused-ring (bicyclic) bond motifs is 5. The van der Waals surface area contributed by atoms with Crippen molar-refractivity contribution in [2.45, 2.75) is 97.1 Å². The van der Waals surface area contributed by atoms with Crippen molar-refractivity contribution in [2.75, 3.05) is 39.9 Å². The van der Waals surface area contributed by atoms with Crippen LogP contribution in [-0.2, 0) is 32.0 Å². The maximum Gasteiger partial charge on any atom is 0.226 e. The summed E-state index contributed by atoms with van der Waals surface area (Å²) in [4.78, 5) is 72.9. The lowest BCUT2D eigenvalue weighted by molar-refractivity contribution is -0.142. The molecule has 4 aromatic carbocycles. The molecule has 5 rings (SSSR count). The van der Waals surface area contributed by atoms with Gasteiger partial charge in [0.05, 0.1) is 18.0 Å². The molecule has 13 nitrogen and oxygen atoms in total. The van der Waals surface area contributed by atoms with E-state index in [-0.39, 0.29) is 63.6 Å². The number of carbonyl (C=O) groups excluding carboxylic acids is 5. The normalized spacial score (nSPS) is 17.0. The zero-order chi connectivity index (χ0) is 48.5. The Morgan fingerprint density at radius 2 is 1.43 bits per heavy atom. The van der Waals surface area contributed by atoms with E-state index in [0.29, 0.717) is 65.1 Å². The summed E-state index contributed by atoms with van der Waals surface area (Å²) in [6.07, 6.45) is 4.54. The Kier molecular flexibility index (Phi) is 19.8. The summed E-state index contributed by atoms with van der Waals surface area (Å²) in [5.74, 6) is -3.26. The van der Waals surface area contributed by atoms with Gasteiger partial charge in [0.1, 0.15) is 30.8 Å². The number of rotatable bonds is 22. The molecule has 0 saturated heterocycles. The van der Waals surface area contributed by atoms with Crippen molar-refractivity contribution in [1.82, 2.24) is 10.2 Å². The standard InChI is InChI=1S/C54H68N6O7/c1-5-6-9-37-11-14-39(15-12-37)40-16-18-41(19-17-40)47(61)33-43(10-7-8-23-55)54(65)60(4)52-42-20-22-51(67-27-25-57)45(32-42)44-30-38(13-21-50(44)66-26-24-56)31-46(48(62)28-35(2)34-58)59-53(64)36(3)29-49(52)63/h11-22,30,32,35-36,43,46,52H,5-10,23-29,31,33,55-57H2,1-4H3,(H,59,64)/t35-,36-,43-,46+,52+/m1/s1. The summed E-state index contributed by atoms with van der Waals surface area (Å²) >= 11 is 0. The maximum absolute atomic E-state index is 14.9. The SMILES string of the molecule is CCCCc1ccc(-c2ccc(C(=O)C[C@@H](CCCCN)C(=O)N(C)[C@@H]3C(=O)C[C@@H](C)C(=O)N[C@H](C(=O)C[C@@H](C)C#N)Cc4ccc(OCCN)c(c4)-c4cc3ccc4OCCN)cc2)cc1.